The fraction of sp³-hybridized carbons (Fsp3) is 0.476. The van der Waals surface area contributed by atoms with Gasteiger partial charge in [0.25, 0.3) is 0 Å². The number of hydrogen-bond donors (Lipinski definition) is 1. The van der Waals surface area contributed by atoms with E-state index in [4.69, 9.17) is 0 Å². The second-order valence-corrected chi connectivity index (χ2v) is 45.7. The molecule has 1 N–H and O–H groups in total. The summed E-state index contributed by atoms with van der Waals surface area (Å²) in [4.78, 5) is 1.41. The van der Waals surface area contributed by atoms with E-state index in [1.807, 2.05) is 0 Å². The fourth-order valence-electron chi connectivity index (χ4n) is 18.0. The van der Waals surface area contributed by atoms with E-state index in [0.29, 0.717) is 0 Å². The van der Waals surface area contributed by atoms with Gasteiger partial charge in [0.05, 0.1) is 79.6 Å². The maximum atomic E-state index is 2.45. The molecule has 1 fully saturated rings. The molecule has 10 aromatic rings. The molecule has 4 aromatic heterocycles. The quantitative estimate of drug-likeness (QED) is 0.0303. The van der Waals surface area contributed by atoms with E-state index in [-0.39, 0.29) is 0 Å². The normalized spacial score (nSPS) is 17.5. The van der Waals surface area contributed by atoms with E-state index in [0.717, 1.165) is 25.2 Å². The number of aromatic nitrogens is 4. The van der Waals surface area contributed by atoms with Crippen LogP contribution in [0, 0.1) is 0 Å². The number of fused-ring (bicyclic) bond motifs is 6. The van der Waals surface area contributed by atoms with Crippen LogP contribution in [0.25, 0.3) is 21.7 Å². The first-order chi connectivity index (χ1) is 59.3. The number of pyridine rings is 4. The zero-order chi connectivity index (χ0) is 87.6. The first kappa shape index (κ1) is 103. The van der Waals surface area contributed by atoms with Gasteiger partial charge in [-0.15, -0.1) is 0 Å². The molecule has 4 atom stereocenters. The van der Waals surface area contributed by atoms with Crippen LogP contribution in [-0.4, -0.2) is 210 Å². The number of nitrogens with one attached hydrogen (secondary N) is 1. The minimum atomic E-state index is 0.837. The minimum absolute atomic E-state index is 0.837. The lowest BCUT2D eigenvalue weighted by Crippen LogP contribution is -3.04. The van der Waals surface area contributed by atoms with Gasteiger partial charge in [0, 0.05) is 225 Å². The Balaban J connectivity index is 0.000000189. The number of rotatable bonds is 27. The van der Waals surface area contributed by atoms with Gasteiger partial charge in [-0.05, 0) is 105 Å². The van der Waals surface area contributed by atoms with Gasteiger partial charge in [-0.1, -0.05) is 189 Å². The predicted octanol–water partition coefficient (Wildman–Crippen LogP) is 8.81. The Morgan fingerprint density at radius 2 is 1.01 bits per heavy atom. The molecule has 660 valence electrons. The van der Waals surface area contributed by atoms with Crippen LogP contribution in [0.3, 0.4) is 0 Å². The molecule has 0 amide bonds. The van der Waals surface area contributed by atoms with Crippen LogP contribution in [-0.2, 0) is 72.4 Å². The molecule has 122 heavy (non-hydrogen) atoms. The molecule has 0 radical (unpaired) electrons. The summed E-state index contributed by atoms with van der Waals surface area (Å²) in [6.45, 7) is 11.1. The number of likely N-dealkylation sites (tertiary alicyclic amines) is 1. The highest BCUT2D eigenvalue weighted by molar-refractivity contribution is 6.10. The second kappa shape index (κ2) is 58.0. The first-order valence-corrected chi connectivity index (χ1v) is 61.5. The second-order valence-electron chi connectivity index (χ2n) is 36.7. The molecule has 6 aromatic carbocycles. The average Bonchev–Trinajstić information content (AvgIpc) is 0.784. The van der Waals surface area contributed by atoms with Gasteiger partial charge in [-0.25, -0.2) is 23.2 Å². The van der Waals surface area contributed by atoms with Crippen LogP contribution in [0.15, 0.2) is 231 Å². The van der Waals surface area contributed by atoms with Gasteiger partial charge in [-0.2, -0.15) is 9.14 Å². The van der Waals surface area contributed by atoms with Crippen molar-refractivity contribution in [3.63, 3.8) is 0 Å². The van der Waals surface area contributed by atoms with E-state index in [9.17, 15) is 0 Å². The molecule has 4 unspecified atom stereocenters. The lowest BCUT2D eigenvalue weighted by molar-refractivity contribution is -0.930. The van der Waals surface area contributed by atoms with Gasteiger partial charge in [0.2, 0.25) is 11.2 Å². The molecule has 0 aliphatic carbocycles. The Bertz CT molecular complexity index is 4630. The summed E-state index contributed by atoms with van der Waals surface area (Å²) in [5.74, 6) is 0. The van der Waals surface area contributed by atoms with Gasteiger partial charge >= 0.3 is 6.34 Å². The summed E-state index contributed by atoms with van der Waals surface area (Å²) in [6.07, 6.45) is 46.1. The lowest BCUT2D eigenvalue weighted by Gasteiger charge is -2.42. The van der Waals surface area contributed by atoms with Crippen molar-refractivity contribution in [1.29, 1.82) is 0 Å². The Kier molecular flexibility index (Phi) is 48.8. The third-order valence-corrected chi connectivity index (χ3v) is 32.1. The average molecular weight is 1800 g/mol. The van der Waals surface area contributed by atoms with Crippen LogP contribution in [0.5, 0.6) is 0 Å². The molecule has 15 rings (SSSR count). The molecule has 0 saturated carbocycles. The van der Waals surface area contributed by atoms with Crippen molar-refractivity contribution in [2.45, 2.75) is 227 Å². The van der Waals surface area contributed by atoms with Crippen LogP contribution in [0.1, 0.15) is 142 Å². The van der Waals surface area contributed by atoms with Gasteiger partial charge in [0.15, 0.2) is 49.4 Å². The van der Waals surface area contributed by atoms with E-state index >= 15 is 0 Å². The number of quaternary nitrogens is 4. The number of aryl methyl sites for hydroxylation is 8. The molecule has 9 heterocycles. The van der Waals surface area contributed by atoms with Gasteiger partial charge in [0.1, 0.15) is 64.4 Å². The third-order valence-electron chi connectivity index (χ3n) is 25.8. The van der Waals surface area contributed by atoms with Gasteiger partial charge in [-0.3, -0.25) is 4.48 Å². The SMILES string of the molecule is C[N+]1(C)CCCCC1CCC[SiH3].C[N+]1(C)Cc2ccccc2CC1CCC[SiH3].C[N+]1(CCC[SiH3])CCCc2ccccc21.C[NH+]1C=[N+](CCC[SiH3])Cc2ccccc21.C[n+]1cc(CCC[SiH3])c2ccccc2c1.C[n+]1ccccc1CCC[SiH3].[SiH3]CCC[N+]1=CCCc2ccccc21.[SiH3]CCC[n+]1cccc2ccccc21.[SiH3]CCC[n+]1ccccc1. The largest absolute Gasteiger partial charge is 0.330 e. The Morgan fingerprint density at radius 1 is 0.434 bits per heavy atom. The number of benzene rings is 6. The summed E-state index contributed by atoms with van der Waals surface area (Å²) in [5, 5.41) is 4.11. The lowest BCUT2D eigenvalue weighted by atomic mass is 9.90. The Labute approximate surface area is 770 Å². The monoisotopic (exact) mass is 1800 g/mol. The smallest absolute Gasteiger partial charge is 0.326 e. The zero-order valence-corrected chi connectivity index (χ0v) is 98.4. The summed E-state index contributed by atoms with van der Waals surface area (Å²) < 4.78 is 17.5. The number of nitrogens with zero attached hydrogens (tertiary/aromatic N) is 9. The van der Waals surface area contributed by atoms with Crippen molar-refractivity contribution in [2.75, 3.05) is 75.0 Å². The van der Waals surface area contributed by atoms with Crippen molar-refractivity contribution in [1.82, 2.24) is 4.48 Å². The number of likely N-dealkylation sites (N-methyl/N-ethyl adjacent to an activating group) is 1. The van der Waals surface area contributed by atoms with Crippen molar-refractivity contribution in [3.8, 4) is 0 Å². The van der Waals surface area contributed by atoms with Gasteiger partial charge < -0.3 is 8.97 Å². The molecule has 5 aliphatic heterocycles. The van der Waals surface area contributed by atoms with E-state index in [2.05, 4.69) is 328 Å². The van der Waals surface area contributed by atoms with Crippen LogP contribution >= 0.6 is 0 Å². The van der Waals surface area contributed by atoms with Crippen molar-refractivity contribution >= 4 is 143 Å². The molecule has 19 heteroatoms. The molecule has 10 nitrogen and oxygen atoms in total. The molecule has 0 bridgehead atoms. The summed E-state index contributed by atoms with van der Waals surface area (Å²) in [5.41, 5.74) is 16.5. The topological polar surface area (TPSA) is 26.0 Å². The highest BCUT2D eigenvalue weighted by Crippen LogP contribution is 2.33. The molecule has 1 saturated heterocycles. The zero-order valence-electron chi connectivity index (χ0n) is 80.4. The van der Waals surface area contributed by atoms with E-state index in [1.54, 1.807) is 22.4 Å². The molecular weight excluding hydrogens is 1630 g/mol. The first-order valence-electron chi connectivity index (χ1n) is 48.7. The number of para-hydroxylation sites is 4. The molecular formula is C103H172N10Si9+10. The number of hydrogen-bond acceptors (Lipinski definition) is 0. The Morgan fingerprint density at radius 3 is 1.71 bits per heavy atom. The summed E-state index contributed by atoms with van der Waals surface area (Å²) in [7, 11) is 30.6. The van der Waals surface area contributed by atoms with Crippen LogP contribution < -0.4 is 27.7 Å². The number of piperidine rings is 1. The maximum absolute atomic E-state index is 2.45. The Hall–Kier alpha value is -6.43. The highest BCUT2D eigenvalue weighted by atomic mass is 28.2. The maximum Gasteiger partial charge on any atom is 0.330 e. The van der Waals surface area contributed by atoms with Crippen LogP contribution in [0.4, 0.5) is 17.1 Å². The van der Waals surface area contributed by atoms with E-state index < -0.39 is 0 Å². The fourth-order valence-corrected chi connectivity index (χ4v) is 21.1. The van der Waals surface area contributed by atoms with E-state index in [1.165, 1.54) is 401 Å². The third kappa shape index (κ3) is 35.4. The molecule has 0 spiro atoms. The van der Waals surface area contributed by atoms with Crippen LogP contribution in [0.2, 0.25) is 54.4 Å². The summed E-state index contributed by atoms with van der Waals surface area (Å²) in [6, 6.07) is 84.3. The highest BCUT2D eigenvalue weighted by Gasteiger charge is 2.35. The standard InChI is InChI=1S/C14H24NSi.C13H22NSi.C13H18NSi.C12H19N2Si.C12H18NSi.C12H16NSi.C10H24NSi.C9H16NSi.C8H14NSi/c1-15(2)11-13-7-4-3-6-12(13)10-14(15)8-5-9-16;1-14(10-5-11-15)9-4-7-12-6-2-3-8-13(12)14;1-14-9-11-5-2-3-7-13(11)12(10-14)6-4-8-15;1-13-10-14(7-4-8-15)9-11-5-2-3-6-12(11)13;2*14-10-4-9-13-8-3-6-11-5-1-2-7-12(11)13;1-11(2)8-4-3-6-10(11)7-5-9-12;1-10-7-3-2-5-9(10)6-4-8-11;10-8-4-7-9-5-2-1-3-6-9/h3-4,6-7,14H,5,8-11H2,1-2,16H3;2-3,6,8H,4-5,7,9-11H2,1,15H3;2-3,5,7,9-10H,4,6,8H2,1,15H3;2-3,5-6,10H,4,7-9H2,1,15H3;1-2,5,7-8H,3-4,6,9-10H2,14H3;1-3,5-8H,4,9-10H2,14H3;10H,3-9H2,1-2,12H3;2-3,5,7H,4,6,8H2,1,11H3;1-3,5-6H,4,7-8H2,10H3/q9*+1/p+1. The molecule has 5 aliphatic rings. The van der Waals surface area contributed by atoms with Crippen molar-refractivity contribution < 1.29 is 41.3 Å². The van der Waals surface area contributed by atoms with Crippen molar-refractivity contribution in [3.05, 3.63) is 270 Å². The summed E-state index contributed by atoms with van der Waals surface area (Å²) >= 11 is 0. The van der Waals surface area contributed by atoms with Crippen molar-refractivity contribution in [2.24, 2.45) is 14.1 Å². The predicted molar refractivity (Wildman–Crippen MR) is 565 cm³/mol. The minimum Gasteiger partial charge on any atom is -0.326 e.